The molecule has 0 aliphatic heterocycles. The molecule has 21 heavy (non-hydrogen) atoms. The maximum atomic E-state index is 13.5. The zero-order chi connectivity index (χ0) is 15.6. The van der Waals surface area contributed by atoms with Crippen LogP contribution in [0.5, 0.6) is 0 Å². The summed E-state index contributed by atoms with van der Waals surface area (Å²) in [6, 6.07) is 2.42. The van der Waals surface area contributed by atoms with Crippen LogP contribution < -0.4 is 11.1 Å². The summed E-state index contributed by atoms with van der Waals surface area (Å²) >= 11 is 1.29. The Kier molecular flexibility index (Phi) is 4.54. The smallest absolute Gasteiger partial charge is 0.326 e. The lowest BCUT2D eigenvalue weighted by Gasteiger charge is -2.07. The summed E-state index contributed by atoms with van der Waals surface area (Å²) in [6.07, 6.45) is 0. The topological polar surface area (TPSA) is 88.2 Å². The van der Waals surface area contributed by atoms with Crippen LogP contribution in [0, 0.1) is 19.7 Å². The maximum Gasteiger partial charge on any atom is 0.326 e. The summed E-state index contributed by atoms with van der Waals surface area (Å²) in [5.41, 5.74) is 7.94. The molecule has 0 amide bonds. The zero-order valence-electron chi connectivity index (χ0n) is 11.7. The third-order valence-corrected chi connectivity index (χ3v) is 3.86. The van der Waals surface area contributed by atoms with Crippen molar-refractivity contribution in [2.45, 2.75) is 26.4 Å². The summed E-state index contributed by atoms with van der Waals surface area (Å²) in [5, 5.41) is 14.1. The summed E-state index contributed by atoms with van der Waals surface area (Å²) in [7, 11) is 0. The SMILES string of the molecule is Cc1cc(CNc2nc(C(N)C(=O)O)cs2)cc(C)c1F. The van der Waals surface area contributed by atoms with Crippen LogP contribution in [-0.4, -0.2) is 16.1 Å². The number of carbonyl (C=O) groups is 1. The molecule has 0 saturated heterocycles. The van der Waals surface area contributed by atoms with Gasteiger partial charge in [-0.05, 0) is 30.5 Å². The minimum Gasteiger partial charge on any atom is -0.480 e. The van der Waals surface area contributed by atoms with Crippen molar-refractivity contribution in [2.75, 3.05) is 5.32 Å². The average Bonchev–Trinajstić information content (AvgIpc) is 2.90. The molecule has 1 heterocycles. The third-order valence-electron chi connectivity index (χ3n) is 3.05. The molecule has 0 aliphatic rings. The predicted molar refractivity (Wildman–Crippen MR) is 79.9 cm³/mol. The van der Waals surface area contributed by atoms with E-state index in [0.717, 1.165) is 5.56 Å². The number of aliphatic carboxylic acids is 1. The molecule has 2 aromatic rings. The van der Waals surface area contributed by atoms with Crippen molar-refractivity contribution in [3.63, 3.8) is 0 Å². The number of aryl methyl sites for hydroxylation is 2. The van der Waals surface area contributed by atoms with E-state index in [1.54, 1.807) is 31.4 Å². The Labute approximate surface area is 125 Å². The number of nitrogens with zero attached hydrogens (tertiary/aromatic N) is 1. The minimum absolute atomic E-state index is 0.192. The Morgan fingerprint density at radius 3 is 2.67 bits per heavy atom. The molecule has 1 aromatic heterocycles. The molecule has 2 rings (SSSR count). The standard InChI is InChI=1S/C14H16FN3O2S/c1-7-3-9(4-8(2)11(7)15)5-17-14-18-10(6-21-14)12(16)13(19)20/h3-4,6,12H,5,16H2,1-2H3,(H,17,18)(H,19,20). The average molecular weight is 309 g/mol. The summed E-state index contributed by atoms with van der Waals surface area (Å²) < 4.78 is 13.5. The largest absolute Gasteiger partial charge is 0.480 e. The molecule has 0 bridgehead atoms. The van der Waals surface area contributed by atoms with Crippen LogP contribution in [0.15, 0.2) is 17.5 Å². The van der Waals surface area contributed by atoms with Gasteiger partial charge in [0.15, 0.2) is 5.13 Å². The second-order valence-corrected chi connectivity index (χ2v) is 5.65. The molecule has 1 unspecified atom stereocenters. The first-order valence-corrected chi connectivity index (χ1v) is 7.19. The van der Waals surface area contributed by atoms with E-state index in [2.05, 4.69) is 10.3 Å². The van der Waals surface area contributed by atoms with E-state index in [-0.39, 0.29) is 5.82 Å². The summed E-state index contributed by atoms with van der Waals surface area (Å²) in [6.45, 7) is 3.93. The first-order valence-electron chi connectivity index (χ1n) is 6.31. The highest BCUT2D eigenvalue weighted by atomic mass is 32.1. The van der Waals surface area contributed by atoms with Crippen LogP contribution in [0.4, 0.5) is 9.52 Å². The van der Waals surface area contributed by atoms with E-state index < -0.39 is 12.0 Å². The van der Waals surface area contributed by atoms with Crippen molar-refractivity contribution in [2.24, 2.45) is 5.73 Å². The highest BCUT2D eigenvalue weighted by Crippen LogP contribution is 2.21. The molecule has 112 valence electrons. The molecule has 7 heteroatoms. The molecule has 1 aromatic carbocycles. The fourth-order valence-electron chi connectivity index (χ4n) is 1.95. The van der Waals surface area contributed by atoms with Gasteiger partial charge in [-0.2, -0.15) is 0 Å². The van der Waals surface area contributed by atoms with Gasteiger partial charge in [0.25, 0.3) is 0 Å². The second kappa shape index (κ2) is 6.19. The lowest BCUT2D eigenvalue weighted by molar-refractivity contribution is -0.138. The Morgan fingerprint density at radius 1 is 1.48 bits per heavy atom. The molecule has 5 nitrogen and oxygen atoms in total. The van der Waals surface area contributed by atoms with Crippen LogP contribution in [-0.2, 0) is 11.3 Å². The van der Waals surface area contributed by atoms with Crippen molar-refractivity contribution in [3.8, 4) is 0 Å². The van der Waals surface area contributed by atoms with Crippen LogP contribution in [0.3, 0.4) is 0 Å². The number of halogens is 1. The van der Waals surface area contributed by atoms with Gasteiger partial charge < -0.3 is 16.2 Å². The molecule has 1 atom stereocenters. The first-order chi connectivity index (χ1) is 9.88. The number of hydrogen-bond acceptors (Lipinski definition) is 5. The van der Waals surface area contributed by atoms with Gasteiger partial charge in [-0.3, -0.25) is 4.79 Å². The number of rotatable bonds is 5. The van der Waals surface area contributed by atoms with Crippen molar-refractivity contribution < 1.29 is 14.3 Å². The number of hydrogen-bond donors (Lipinski definition) is 3. The van der Waals surface area contributed by atoms with Crippen LogP contribution in [0.25, 0.3) is 0 Å². The normalized spacial score (nSPS) is 12.2. The van der Waals surface area contributed by atoms with E-state index in [4.69, 9.17) is 10.8 Å². The van der Waals surface area contributed by atoms with Crippen LogP contribution in [0.2, 0.25) is 0 Å². The predicted octanol–water partition coefficient (Wildman–Crippen LogP) is 2.60. The quantitative estimate of drug-likeness (QED) is 0.790. The van der Waals surface area contributed by atoms with E-state index in [9.17, 15) is 9.18 Å². The summed E-state index contributed by atoms with van der Waals surface area (Å²) in [5.74, 6) is -1.31. The van der Waals surface area contributed by atoms with E-state index in [0.29, 0.717) is 28.5 Å². The third kappa shape index (κ3) is 3.56. The Bertz CT molecular complexity index is 649. The van der Waals surface area contributed by atoms with E-state index >= 15 is 0 Å². The number of thiazole rings is 1. The molecule has 0 radical (unpaired) electrons. The lowest BCUT2D eigenvalue weighted by atomic mass is 10.1. The van der Waals surface area contributed by atoms with Crippen molar-refractivity contribution in [1.82, 2.24) is 4.98 Å². The second-order valence-electron chi connectivity index (χ2n) is 4.79. The van der Waals surface area contributed by atoms with Gasteiger partial charge >= 0.3 is 5.97 Å². The van der Waals surface area contributed by atoms with Gasteiger partial charge in [0.05, 0.1) is 5.69 Å². The Balaban J connectivity index is 2.05. The van der Waals surface area contributed by atoms with E-state index in [1.165, 1.54) is 11.3 Å². The van der Waals surface area contributed by atoms with Crippen molar-refractivity contribution >= 4 is 22.4 Å². The molecular weight excluding hydrogens is 293 g/mol. The Hall–Kier alpha value is -1.99. The molecule has 0 saturated carbocycles. The zero-order valence-corrected chi connectivity index (χ0v) is 12.5. The number of nitrogens with one attached hydrogen (secondary N) is 1. The maximum absolute atomic E-state index is 13.5. The number of nitrogens with two attached hydrogens (primary N) is 1. The molecule has 0 fully saturated rings. The Morgan fingerprint density at radius 2 is 2.10 bits per heavy atom. The minimum atomic E-state index is -1.12. The molecule has 0 spiro atoms. The van der Waals surface area contributed by atoms with Gasteiger partial charge in [-0.25, -0.2) is 9.37 Å². The number of anilines is 1. The summed E-state index contributed by atoms with van der Waals surface area (Å²) in [4.78, 5) is 14.9. The lowest BCUT2D eigenvalue weighted by Crippen LogP contribution is -2.20. The number of carboxylic acid groups (broad SMARTS) is 1. The van der Waals surface area contributed by atoms with Gasteiger partial charge in [-0.1, -0.05) is 12.1 Å². The fraction of sp³-hybridized carbons (Fsp3) is 0.286. The molecule has 4 N–H and O–H groups in total. The highest BCUT2D eigenvalue weighted by molar-refractivity contribution is 7.13. The van der Waals surface area contributed by atoms with Crippen molar-refractivity contribution in [1.29, 1.82) is 0 Å². The fourth-order valence-corrected chi connectivity index (χ4v) is 2.70. The number of benzene rings is 1. The van der Waals surface area contributed by atoms with Gasteiger partial charge in [0, 0.05) is 11.9 Å². The van der Waals surface area contributed by atoms with E-state index in [1.807, 2.05) is 0 Å². The number of carboxylic acids is 1. The van der Waals surface area contributed by atoms with Crippen molar-refractivity contribution in [3.05, 3.63) is 45.7 Å². The molecule has 0 aliphatic carbocycles. The monoisotopic (exact) mass is 309 g/mol. The molecular formula is C14H16FN3O2S. The van der Waals surface area contributed by atoms with Crippen LogP contribution >= 0.6 is 11.3 Å². The highest BCUT2D eigenvalue weighted by Gasteiger charge is 2.17. The van der Waals surface area contributed by atoms with Gasteiger partial charge in [0.2, 0.25) is 0 Å². The van der Waals surface area contributed by atoms with Gasteiger partial charge in [0.1, 0.15) is 11.9 Å². The number of aromatic nitrogens is 1. The van der Waals surface area contributed by atoms with Gasteiger partial charge in [-0.15, -0.1) is 11.3 Å². The van der Waals surface area contributed by atoms with Crippen LogP contribution in [0.1, 0.15) is 28.4 Å². The first kappa shape index (κ1) is 15.4.